The smallest absolute Gasteiger partial charge is 0.199 e. The number of H-pyrrole nitrogens is 1. The highest BCUT2D eigenvalue weighted by molar-refractivity contribution is 7.71. The highest BCUT2D eigenvalue weighted by atomic mass is 35.5. The maximum Gasteiger partial charge on any atom is 0.199 e. The van der Waals surface area contributed by atoms with Crippen LogP contribution in [0.4, 0.5) is 11.5 Å². The zero-order chi connectivity index (χ0) is 13.2. The van der Waals surface area contributed by atoms with E-state index in [0.29, 0.717) is 9.79 Å². The number of nitrogens with one attached hydrogen (secondary N) is 3. The molecule has 3 N–H and O–H groups in total. The minimum Gasteiger partial charge on any atom is -0.339 e. The number of hydrogen-bond donors (Lipinski definition) is 3. The molecule has 0 spiro atoms. The Morgan fingerprint density at radius 3 is 3.00 bits per heavy atom. The summed E-state index contributed by atoms with van der Waals surface area (Å²) < 4.78 is 0.483. The summed E-state index contributed by atoms with van der Waals surface area (Å²) in [6, 6.07) is 7.61. The molecular formula is C13H13ClN4S. The Hall–Kier alpha value is -1.43. The van der Waals surface area contributed by atoms with Gasteiger partial charge in [0.1, 0.15) is 5.82 Å². The second-order valence-electron chi connectivity index (χ2n) is 4.38. The van der Waals surface area contributed by atoms with E-state index in [9.17, 15) is 0 Å². The molecule has 0 saturated heterocycles. The van der Waals surface area contributed by atoms with E-state index in [0.717, 1.165) is 36.7 Å². The highest BCUT2D eigenvalue weighted by Crippen LogP contribution is 2.27. The van der Waals surface area contributed by atoms with E-state index in [1.165, 1.54) is 5.56 Å². The maximum atomic E-state index is 6.16. The molecule has 19 heavy (non-hydrogen) atoms. The number of nitrogens with zero attached hydrogens (tertiary/aromatic N) is 1. The molecule has 6 heteroatoms. The summed E-state index contributed by atoms with van der Waals surface area (Å²) in [6.07, 6.45) is 0.918. The molecule has 2 heterocycles. The van der Waals surface area contributed by atoms with Crippen molar-refractivity contribution in [1.82, 2.24) is 15.3 Å². The van der Waals surface area contributed by atoms with Gasteiger partial charge < -0.3 is 15.6 Å². The minimum atomic E-state index is 0.483. The molecule has 4 nitrogen and oxygen atoms in total. The standard InChI is InChI=1S/C13H13ClN4S/c14-9-3-1-2-4-10(9)16-12-8-5-6-15-7-11(8)17-13(19)18-12/h1-4,15H,5-7H2,(H2,16,17,18,19). The number of benzene rings is 1. The fourth-order valence-corrected chi connectivity index (χ4v) is 2.58. The van der Waals surface area contributed by atoms with E-state index in [1.54, 1.807) is 0 Å². The molecule has 0 saturated carbocycles. The predicted molar refractivity (Wildman–Crippen MR) is 79.6 cm³/mol. The molecule has 0 aliphatic carbocycles. The Morgan fingerprint density at radius 2 is 2.16 bits per heavy atom. The third-order valence-electron chi connectivity index (χ3n) is 3.10. The van der Waals surface area contributed by atoms with Crippen LogP contribution >= 0.6 is 23.8 Å². The van der Waals surface area contributed by atoms with Crippen molar-refractivity contribution in [2.24, 2.45) is 0 Å². The Labute approximate surface area is 121 Å². The summed E-state index contributed by atoms with van der Waals surface area (Å²) in [5, 5.41) is 7.27. The lowest BCUT2D eigenvalue weighted by Crippen LogP contribution is -2.26. The van der Waals surface area contributed by atoms with Crippen molar-refractivity contribution in [3.8, 4) is 0 Å². The van der Waals surface area contributed by atoms with Gasteiger partial charge in [-0.05, 0) is 37.3 Å². The number of rotatable bonds is 2. The Kier molecular flexibility index (Phi) is 3.50. The molecule has 98 valence electrons. The topological polar surface area (TPSA) is 52.7 Å². The molecule has 0 amide bonds. The van der Waals surface area contributed by atoms with Crippen molar-refractivity contribution < 1.29 is 0 Å². The predicted octanol–water partition coefficient (Wildman–Crippen LogP) is 3.18. The number of hydrogen-bond acceptors (Lipinski definition) is 4. The van der Waals surface area contributed by atoms with Crippen LogP contribution in [0.2, 0.25) is 5.02 Å². The van der Waals surface area contributed by atoms with Crippen LogP contribution in [0.15, 0.2) is 24.3 Å². The van der Waals surface area contributed by atoms with Crippen molar-refractivity contribution >= 4 is 35.3 Å². The van der Waals surface area contributed by atoms with Gasteiger partial charge in [0.15, 0.2) is 4.77 Å². The fraction of sp³-hybridized carbons (Fsp3) is 0.231. The number of anilines is 2. The summed E-state index contributed by atoms with van der Waals surface area (Å²) >= 11 is 11.3. The van der Waals surface area contributed by atoms with Crippen LogP contribution in [0.5, 0.6) is 0 Å². The van der Waals surface area contributed by atoms with Crippen LogP contribution < -0.4 is 10.6 Å². The van der Waals surface area contributed by atoms with Crippen molar-refractivity contribution in [2.75, 3.05) is 11.9 Å². The first-order chi connectivity index (χ1) is 9.24. The van der Waals surface area contributed by atoms with Gasteiger partial charge in [0.05, 0.1) is 10.7 Å². The largest absolute Gasteiger partial charge is 0.339 e. The van der Waals surface area contributed by atoms with Gasteiger partial charge in [0, 0.05) is 17.8 Å². The first-order valence-corrected chi connectivity index (χ1v) is 6.87. The molecule has 1 aliphatic rings. The molecule has 1 aromatic carbocycles. The molecule has 3 rings (SSSR count). The average Bonchev–Trinajstić information content (AvgIpc) is 2.41. The van der Waals surface area contributed by atoms with E-state index in [-0.39, 0.29) is 0 Å². The van der Waals surface area contributed by atoms with Crippen molar-refractivity contribution in [3.05, 3.63) is 45.3 Å². The van der Waals surface area contributed by atoms with Crippen LogP contribution in [0.3, 0.4) is 0 Å². The van der Waals surface area contributed by atoms with Gasteiger partial charge in [-0.2, -0.15) is 0 Å². The van der Waals surface area contributed by atoms with Gasteiger partial charge in [0.2, 0.25) is 0 Å². The lowest BCUT2D eigenvalue weighted by atomic mass is 10.1. The van der Waals surface area contributed by atoms with Crippen molar-refractivity contribution in [3.63, 3.8) is 0 Å². The van der Waals surface area contributed by atoms with Crippen LogP contribution in [-0.4, -0.2) is 16.5 Å². The summed E-state index contributed by atoms with van der Waals surface area (Å²) in [5.41, 5.74) is 3.12. The van der Waals surface area contributed by atoms with E-state index >= 15 is 0 Å². The minimum absolute atomic E-state index is 0.483. The second kappa shape index (κ2) is 5.28. The SMILES string of the molecule is S=c1nc(Nc2ccccc2Cl)c2c([nH]1)CNCC2. The molecule has 0 radical (unpaired) electrons. The van der Waals surface area contributed by atoms with Crippen LogP contribution in [-0.2, 0) is 13.0 Å². The third-order valence-corrected chi connectivity index (χ3v) is 3.62. The number of aromatic amines is 1. The van der Waals surface area contributed by atoms with Crippen molar-refractivity contribution in [1.29, 1.82) is 0 Å². The van der Waals surface area contributed by atoms with Gasteiger partial charge in [-0.25, -0.2) is 4.98 Å². The number of halogens is 1. The lowest BCUT2D eigenvalue weighted by molar-refractivity contribution is 0.623. The zero-order valence-corrected chi connectivity index (χ0v) is 11.7. The highest BCUT2D eigenvalue weighted by Gasteiger charge is 2.15. The van der Waals surface area contributed by atoms with Gasteiger partial charge in [-0.15, -0.1) is 0 Å². The molecule has 0 atom stereocenters. The van der Waals surface area contributed by atoms with Crippen LogP contribution in [0.25, 0.3) is 0 Å². The number of para-hydroxylation sites is 1. The zero-order valence-electron chi connectivity index (χ0n) is 10.2. The van der Waals surface area contributed by atoms with E-state index < -0.39 is 0 Å². The van der Waals surface area contributed by atoms with Crippen molar-refractivity contribution in [2.45, 2.75) is 13.0 Å². The van der Waals surface area contributed by atoms with E-state index in [1.807, 2.05) is 24.3 Å². The Balaban J connectivity index is 2.03. The summed E-state index contributed by atoms with van der Waals surface area (Å²) in [7, 11) is 0. The number of fused-ring (bicyclic) bond motifs is 1. The Bertz CT molecular complexity index is 668. The normalized spacial score (nSPS) is 13.9. The summed E-state index contributed by atoms with van der Waals surface area (Å²) in [6.45, 7) is 1.73. The van der Waals surface area contributed by atoms with Gasteiger partial charge in [0.25, 0.3) is 0 Å². The van der Waals surface area contributed by atoms with Gasteiger partial charge in [-0.3, -0.25) is 0 Å². The monoisotopic (exact) mass is 292 g/mol. The molecule has 1 aromatic heterocycles. The van der Waals surface area contributed by atoms with E-state index in [4.69, 9.17) is 23.8 Å². The quantitative estimate of drug-likeness (QED) is 0.744. The maximum absolute atomic E-state index is 6.16. The van der Waals surface area contributed by atoms with Crippen LogP contribution in [0, 0.1) is 4.77 Å². The average molecular weight is 293 g/mol. The lowest BCUT2D eigenvalue weighted by Gasteiger charge is -2.20. The molecular weight excluding hydrogens is 280 g/mol. The first kappa shape index (κ1) is 12.6. The molecule has 1 aliphatic heterocycles. The molecule has 2 aromatic rings. The first-order valence-electron chi connectivity index (χ1n) is 6.08. The second-order valence-corrected chi connectivity index (χ2v) is 5.17. The van der Waals surface area contributed by atoms with Gasteiger partial charge >= 0.3 is 0 Å². The summed E-state index contributed by atoms with van der Waals surface area (Å²) in [4.78, 5) is 7.52. The third kappa shape index (κ3) is 2.63. The van der Waals surface area contributed by atoms with E-state index in [2.05, 4.69) is 20.6 Å². The number of aromatic nitrogens is 2. The molecule has 0 unspecified atom stereocenters. The Morgan fingerprint density at radius 1 is 1.32 bits per heavy atom. The summed E-state index contributed by atoms with van der Waals surface area (Å²) in [5.74, 6) is 0.799. The fourth-order valence-electron chi connectivity index (χ4n) is 2.18. The van der Waals surface area contributed by atoms with Gasteiger partial charge in [-0.1, -0.05) is 23.7 Å². The van der Waals surface area contributed by atoms with Crippen LogP contribution in [0.1, 0.15) is 11.3 Å². The molecule has 0 fully saturated rings. The molecule has 0 bridgehead atoms.